The average molecular weight is 335 g/mol. The van der Waals surface area contributed by atoms with E-state index in [0.717, 1.165) is 21.5 Å². The molecule has 0 heterocycles. The molecule has 0 fully saturated rings. The molecule has 0 bridgehead atoms. The summed E-state index contributed by atoms with van der Waals surface area (Å²) in [6.45, 7) is 6.08. The zero-order valence-corrected chi connectivity index (χ0v) is 13.5. The van der Waals surface area contributed by atoms with Crippen molar-refractivity contribution in [3.63, 3.8) is 0 Å². The van der Waals surface area contributed by atoms with Crippen LogP contribution in [-0.2, 0) is 0 Å². The van der Waals surface area contributed by atoms with E-state index in [1.54, 1.807) is 6.92 Å². The molecule has 0 saturated carbocycles. The highest BCUT2D eigenvalue weighted by Crippen LogP contribution is 2.30. The lowest BCUT2D eigenvalue weighted by molar-refractivity contribution is 0.198. The highest BCUT2D eigenvalue weighted by molar-refractivity contribution is 9.10. The molecule has 3 heteroatoms. The lowest BCUT2D eigenvalue weighted by atomic mass is 10.0. The van der Waals surface area contributed by atoms with Crippen LogP contribution in [0.25, 0.3) is 0 Å². The first-order valence-electron chi connectivity index (χ1n) is 6.72. The standard InChI is InChI=1S/C17H19BrO2/c1-11(2)13-4-6-14(7-5-13)20-15-8-9-16(12(3)19)17(18)10-15/h4-12,19H,1-3H3/t12-/m1/s1. The van der Waals surface area contributed by atoms with Gasteiger partial charge in [0.05, 0.1) is 6.10 Å². The van der Waals surface area contributed by atoms with Crippen LogP contribution in [0.15, 0.2) is 46.9 Å². The first kappa shape index (κ1) is 15.1. The van der Waals surface area contributed by atoms with Gasteiger partial charge in [-0.2, -0.15) is 0 Å². The monoisotopic (exact) mass is 334 g/mol. The molecule has 20 heavy (non-hydrogen) atoms. The number of aliphatic hydroxyl groups is 1. The smallest absolute Gasteiger partial charge is 0.128 e. The minimum atomic E-state index is -0.497. The Labute approximate surface area is 128 Å². The lowest BCUT2D eigenvalue weighted by Gasteiger charge is -2.11. The maximum Gasteiger partial charge on any atom is 0.128 e. The van der Waals surface area contributed by atoms with Crippen molar-refractivity contribution in [3.05, 3.63) is 58.1 Å². The molecule has 2 rings (SSSR count). The van der Waals surface area contributed by atoms with Gasteiger partial charge in [0, 0.05) is 4.47 Å². The van der Waals surface area contributed by atoms with E-state index in [-0.39, 0.29) is 0 Å². The van der Waals surface area contributed by atoms with Gasteiger partial charge in [0.1, 0.15) is 11.5 Å². The molecule has 0 aliphatic heterocycles. The van der Waals surface area contributed by atoms with Gasteiger partial charge in [0.2, 0.25) is 0 Å². The van der Waals surface area contributed by atoms with Gasteiger partial charge in [-0.3, -0.25) is 0 Å². The van der Waals surface area contributed by atoms with Gasteiger partial charge in [-0.1, -0.05) is 48.0 Å². The van der Waals surface area contributed by atoms with Gasteiger partial charge >= 0.3 is 0 Å². The summed E-state index contributed by atoms with van der Waals surface area (Å²) in [5.41, 5.74) is 2.15. The molecule has 0 spiro atoms. The lowest BCUT2D eigenvalue weighted by Crippen LogP contribution is -1.93. The van der Waals surface area contributed by atoms with Crippen LogP contribution >= 0.6 is 15.9 Å². The number of aliphatic hydroxyl groups excluding tert-OH is 1. The molecule has 106 valence electrons. The van der Waals surface area contributed by atoms with Gasteiger partial charge in [0.15, 0.2) is 0 Å². The van der Waals surface area contributed by atoms with Crippen molar-refractivity contribution in [1.29, 1.82) is 0 Å². The van der Waals surface area contributed by atoms with Crippen LogP contribution in [0.1, 0.15) is 43.9 Å². The van der Waals surface area contributed by atoms with Gasteiger partial charge in [-0.05, 0) is 48.2 Å². The Bertz CT molecular complexity index is 574. The molecule has 0 radical (unpaired) electrons. The first-order valence-corrected chi connectivity index (χ1v) is 7.52. The molecule has 0 unspecified atom stereocenters. The van der Waals surface area contributed by atoms with Gasteiger partial charge < -0.3 is 9.84 Å². The van der Waals surface area contributed by atoms with Crippen LogP contribution in [0, 0.1) is 0 Å². The molecule has 0 aliphatic rings. The summed E-state index contributed by atoms with van der Waals surface area (Å²) >= 11 is 3.45. The van der Waals surface area contributed by atoms with E-state index in [0.29, 0.717) is 5.92 Å². The number of halogens is 1. The third kappa shape index (κ3) is 3.62. The van der Waals surface area contributed by atoms with E-state index in [1.165, 1.54) is 5.56 Å². The molecule has 0 saturated heterocycles. The third-order valence-corrected chi connectivity index (χ3v) is 3.89. The van der Waals surface area contributed by atoms with E-state index in [9.17, 15) is 5.11 Å². The predicted molar refractivity (Wildman–Crippen MR) is 85.4 cm³/mol. The first-order chi connectivity index (χ1) is 9.47. The predicted octanol–water partition coefficient (Wildman–Crippen LogP) is 5.42. The fourth-order valence-corrected chi connectivity index (χ4v) is 2.66. The zero-order chi connectivity index (χ0) is 14.7. The van der Waals surface area contributed by atoms with E-state index in [4.69, 9.17) is 4.74 Å². The Morgan fingerprint density at radius 3 is 2.05 bits per heavy atom. The number of rotatable bonds is 4. The Morgan fingerprint density at radius 1 is 0.950 bits per heavy atom. The summed E-state index contributed by atoms with van der Waals surface area (Å²) in [5.74, 6) is 2.08. The summed E-state index contributed by atoms with van der Waals surface area (Å²) in [6.07, 6.45) is -0.497. The maximum atomic E-state index is 9.60. The van der Waals surface area contributed by atoms with Crippen LogP contribution in [0.2, 0.25) is 0 Å². The second-order valence-electron chi connectivity index (χ2n) is 5.19. The fraction of sp³-hybridized carbons (Fsp3) is 0.294. The summed E-state index contributed by atoms with van der Waals surface area (Å²) in [5, 5.41) is 9.60. The SMILES string of the molecule is CC(C)c1ccc(Oc2ccc([C@@H](C)O)c(Br)c2)cc1. The van der Waals surface area contributed by atoms with E-state index < -0.39 is 6.10 Å². The molecular weight excluding hydrogens is 316 g/mol. The number of hydrogen-bond donors (Lipinski definition) is 1. The van der Waals surface area contributed by atoms with Crippen molar-refractivity contribution in [1.82, 2.24) is 0 Å². The summed E-state index contributed by atoms with van der Waals surface area (Å²) in [4.78, 5) is 0. The van der Waals surface area contributed by atoms with Crippen molar-refractivity contribution in [2.75, 3.05) is 0 Å². The van der Waals surface area contributed by atoms with Crippen LogP contribution in [0.5, 0.6) is 11.5 Å². The van der Waals surface area contributed by atoms with Crippen molar-refractivity contribution >= 4 is 15.9 Å². The van der Waals surface area contributed by atoms with Crippen molar-refractivity contribution in [3.8, 4) is 11.5 Å². The minimum absolute atomic E-state index is 0.497. The van der Waals surface area contributed by atoms with Gasteiger partial charge in [0.25, 0.3) is 0 Å². The summed E-state index contributed by atoms with van der Waals surface area (Å²) in [6, 6.07) is 13.7. The molecule has 0 aliphatic carbocycles. The quantitative estimate of drug-likeness (QED) is 0.809. The molecule has 0 aromatic heterocycles. The fourth-order valence-electron chi connectivity index (χ4n) is 1.97. The highest BCUT2D eigenvalue weighted by Gasteiger charge is 2.08. The zero-order valence-electron chi connectivity index (χ0n) is 11.9. The van der Waals surface area contributed by atoms with E-state index in [2.05, 4.69) is 41.9 Å². The molecular formula is C17H19BrO2. The highest BCUT2D eigenvalue weighted by atomic mass is 79.9. The summed E-state index contributed by atoms with van der Waals surface area (Å²) in [7, 11) is 0. The minimum Gasteiger partial charge on any atom is -0.457 e. The normalized spacial score (nSPS) is 12.5. The largest absolute Gasteiger partial charge is 0.457 e. The molecule has 2 nitrogen and oxygen atoms in total. The Kier molecular flexibility index (Phi) is 4.84. The maximum absolute atomic E-state index is 9.60. The molecule has 2 aromatic carbocycles. The Morgan fingerprint density at radius 2 is 1.55 bits per heavy atom. The number of benzene rings is 2. The number of hydrogen-bond acceptors (Lipinski definition) is 2. The van der Waals surface area contributed by atoms with E-state index in [1.807, 2.05) is 30.3 Å². The van der Waals surface area contributed by atoms with Crippen molar-refractivity contribution in [2.24, 2.45) is 0 Å². The van der Waals surface area contributed by atoms with Crippen LogP contribution in [0.4, 0.5) is 0 Å². The Hall–Kier alpha value is -1.32. The van der Waals surface area contributed by atoms with Crippen LogP contribution in [-0.4, -0.2) is 5.11 Å². The van der Waals surface area contributed by atoms with Crippen LogP contribution in [0.3, 0.4) is 0 Å². The molecule has 1 atom stereocenters. The Balaban J connectivity index is 2.15. The number of ether oxygens (including phenoxy) is 1. The molecule has 1 N–H and O–H groups in total. The van der Waals surface area contributed by atoms with Crippen molar-refractivity contribution in [2.45, 2.75) is 32.8 Å². The summed E-state index contributed by atoms with van der Waals surface area (Å²) < 4.78 is 6.67. The second kappa shape index (κ2) is 6.42. The topological polar surface area (TPSA) is 29.5 Å². The van der Waals surface area contributed by atoms with Crippen LogP contribution < -0.4 is 4.74 Å². The molecule has 2 aromatic rings. The van der Waals surface area contributed by atoms with Crippen molar-refractivity contribution < 1.29 is 9.84 Å². The average Bonchev–Trinajstić information content (AvgIpc) is 2.39. The van der Waals surface area contributed by atoms with Gasteiger partial charge in [-0.15, -0.1) is 0 Å². The van der Waals surface area contributed by atoms with Gasteiger partial charge in [-0.25, -0.2) is 0 Å². The molecule has 0 amide bonds. The second-order valence-corrected chi connectivity index (χ2v) is 6.04. The van der Waals surface area contributed by atoms with E-state index >= 15 is 0 Å². The third-order valence-electron chi connectivity index (χ3n) is 3.20.